The summed E-state index contributed by atoms with van der Waals surface area (Å²) in [4.78, 5) is 21.8. The molecule has 4 aromatic rings. The van der Waals surface area contributed by atoms with Gasteiger partial charge in [0.1, 0.15) is 6.54 Å². The van der Waals surface area contributed by atoms with Crippen LogP contribution in [0.5, 0.6) is 11.5 Å². The van der Waals surface area contributed by atoms with Crippen molar-refractivity contribution in [3.63, 3.8) is 0 Å². The lowest BCUT2D eigenvalue weighted by molar-refractivity contribution is -0.116. The number of carbonyl (C=O) groups is 1. The van der Waals surface area contributed by atoms with Crippen LogP contribution in [0.3, 0.4) is 0 Å². The number of rotatable bonds is 8. The van der Waals surface area contributed by atoms with Crippen LogP contribution in [-0.2, 0) is 17.1 Å². The standard InChI is InChI=1S/C24H24N4O3S/c1-16-5-4-6-17(11-16)15-32-24-27-19-9-10-25-13-20(19)28(24)14-23(29)26-18-7-8-21(30-2)22(12-18)31-3/h4-13H,14-15H2,1-3H3,(H,26,29). The van der Waals surface area contributed by atoms with Gasteiger partial charge >= 0.3 is 0 Å². The fraction of sp³-hybridized carbons (Fsp3) is 0.208. The molecule has 0 bridgehead atoms. The molecule has 0 fully saturated rings. The molecule has 0 aliphatic rings. The zero-order valence-corrected chi connectivity index (χ0v) is 19.0. The van der Waals surface area contributed by atoms with Crippen molar-refractivity contribution >= 4 is 34.4 Å². The van der Waals surface area contributed by atoms with Gasteiger partial charge in [0.2, 0.25) is 5.91 Å². The van der Waals surface area contributed by atoms with Gasteiger partial charge in [-0.3, -0.25) is 9.78 Å². The van der Waals surface area contributed by atoms with Gasteiger partial charge in [0, 0.05) is 23.7 Å². The highest BCUT2D eigenvalue weighted by Crippen LogP contribution is 2.30. The number of carbonyl (C=O) groups excluding carboxylic acids is 1. The van der Waals surface area contributed by atoms with Gasteiger partial charge in [0.15, 0.2) is 16.7 Å². The number of amides is 1. The number of aryl methyl sites for hydroxylation is 1. The summed E-state index contributed by atoms with van der Waals surface area (Å²) in [6, 6.07) is 15.5. The second-order valence-electron chi connectivity index (χ2n) is 7.24. The van der Waals surface area contributed by atoms with E-state index in [1.165, 1.54) is 11.1 Å². The Hall–Kier alpha value is -3.52. The Morgan fingerprint density at radius 1 is 1.09 bits per heavy atom. The van der Waals surface area contributed by atoms with Crippen LogP contribution in [0.15, 0.2) is 66.1 Å². The molecule has 0 saturated heterocycles. The largest absolute Gasteiger partial charge is 0.493 e. The van der Waals surface area contributed by atoms with Crippen LogP contribution in [0.25, 0.3) is 11.0 Å². The highest BCUT2D eigenvalue weighted by Gasteiger charge is 2.15. The number of anilines is 1. The lowest BCUT2D eigenvalue weighted by Crippen LogP contribution is -2.19. The summed E-state index contributed by atoms with van der Waals surface area (Å²) in [7, 11) is 3.13. The number of hydrogen-bond donors (Lipinski definition) is 1. The van der Waals surface area contributed by atoms with Crippen LogP contribution in [-0.4, -0.2) is 34.7 Å². The zero-order chi connectivity index (χ0) is 22.5. The number of nitrogens with zero attached hydrogens (tertiary/aromatic N) is 3. The van der Waals surface area contributed by atoms with Crippen molar-refractivity contribution in [2.75, 3.05) is 19.5 Å². The van der Waals surface area contributed by atoms with Gasteiger partial charge in [0.25, 0.3) is 0 Å². The Labute approximate surface area is 190 Å². The number of hydrogen-bond acceptors (Lipinski definition) is 6. The molecule has 0 aliphatic carbocycles. The van der Waals surface area contributed by atoms with Crippen LogP contribution >= 0.6 is 11.8 Å². The van der Waals surface area contributed by atoms with E-state index in [1.54, 1.807) is 56.6 Å². The number of aromatic nitrogens is 3. The van der Waals surface area contributed by atoms with Crippen molar-refractivity contribution < 1.29 is 14.3 Å². The van der Waals surface area contributed by atoms with Gasteiger partial charge in [-0.05, 0) is 30.7 Å². The van der Waals surface area contributed by atoms with E-state index in [-0.39, 0.29) is 12.5 Å². The summed E-state index contributed by atoms with van der Waals surface area (Å²) in [5.74, 6) is 1.75. The summed E-state index contributed by atoms with van der Waals surface area (Å²) in [5.41, 5.74) is 4.69. The third-order valence-corrected chi connectivity index (χ3v) is 5.98. The number of ether oxygens (including phenoxy) is 2. The molecule has 0 radical (unpaired) electrons. The van der Waals surface area contributed by atoms with Gasteiger partial charge in [-0.1, -0.05) is 41.6 Å². The van der Waals surface area contributed by atoms with Crippen molar-refractivity contribution in [2.24, 2.45) is 0 Å². The normalized spacial score (nSPS) is 10.8. The molecular weight excluding hydrogens is 424 g/mol. The number of methoxy groups -OCH3 is 2. The second kappa shape index (κ2) is 9.74. The summed E-state index contributed by atoms with van der Waals surface area (Å²) in [5, 5.41) is 3.70. The Morgan fingerprint density at radius 3 is 2.72 bits per heavy atom. The second-order valence-corrected chi connectivity index (χ2v) is 8.18. The predicted molar refractivity (Wildman–Crippen MR) is 126 cm³/mol. The molecule has 0 atom stereocenters. The first-order valence-corrected chi connectivity index (χ1v) is 11.1. The minimum absolute atomic E-state index is 0.118. The van der Waals surface area contributed by atoms with E-state index < -0.39 is 0 Å². The summed E-state index contributed by atoms with van der Waals surface area (Å²) >= 11 is 1.60. The van der Waals surface area contributed by atoms with E-state index in [4.69, 9.17) is 14.5 Å². The third kappa shape index (κ3) is 4.86. The first-order chi connectivity index (χ1) is 15.6. The van der Waals surface area contributed by atoms with E-state index in [0.29, 0.717) is 17.2 Å². The molecule has 0 spiro atoms. The molecule has 4 rings (SSSR count). The number of imidazole rings is 1. The molecule has 0 aliphatic heterocycles. The van der Waals surface area contributed by atoms with Crippen molar-refractivity contribution in [1.29, 1.82) is 0 Å². The van der Waals surface area contributed by atoms with E-state index in [0.717, 1.165) is 21.9 Å². The molecule has 1 amide bonds. The Morgan fingerprint density at radius 2 is 1.94 bits per heavy atom. The minimum atomic E-state index is -0.169. The van der Waals surface area contributed by atoms with Crippen LogP contribution in [0.4, 0.5) is 5.69 Å². The number of benzene rings is 2. The van der Waals surface area contributed by atoms with E-state index >= 15 is 0 Å². The molecule has 0 unspecified atom stereocenters. The van der Waals surface area contributed by atoms with Crippen LogP contribution in [0, 0.1) is 6.92 Å². The molecule has 8 heteroatoms. The van der Waals surface area contributed by atoms with Gasteiger partial charge in [-0.2, -0.15) is 0 Å². The van der Waals surface area contributed by atoms with Crippen molar-refractivity contribution in [2.45, 2.75) is 24.4 Å². The quantitative estimate of drug-likeness (QED) is 0.394. The number of thioether (sulfide) groups is 1. The molecule has 2 aromatic carbocycles. The zero-order valence-electron chi connectivity index (χ0n) is 18.2. The highest BCUT2D eigenvalue weighted by molar-refractivity contribution is 7.98. The molecule has 1 N–H and O–H groups in total. The maximum atomic E-state index is 12.9. The Balaban J connectivity index is 1.55. The first kappa shape index (κ1) is 21.7. The average Bonchev–Trinajstić information content (AvgIpc) is 3.15. The maximum Gasteiger partial charge on any atom is 0.244 e. The molecule has 0 saturated carbocycles. The fourth-order valence-electron chi connectivity index (χ4n) is 3.42. The third-order valence-electron chi connectivity index (χ3n) is 4.93. The fourth-order valence-corrected chi connectivity index (χ4v) is 4.38. The number of pyridine rings is 1. The van der Waals surface area contributed by atoms with Gasteiger partial charge in [-0.25, -0.2) is 4.98 Å². The van der Waals surface area contributed by atoms with E-state index in [1.807, 2.05) is 10.6 Å². The van der Waals surface area contributed by atoms with Crippen LogP contribution < -0.4 is 14.8 Å². The highest BCUT2D eigenvalue weighted by atomic mass is 32.2. The van der Waals surface area contributed by atoms with Crippen LogP contribution in [0.1, 0.15) is 11.1 Å². The van der Waals surface area contributed by atoms with Gasteiger partial charge in [0.05, 0.1) is 31.4 Å². The average molecular weight is 449 g/mol. The smallest absolute Gasteiger partial charge is 0.244 e. The van der Waals surface area contributed by atoms with Crippen molar-refractivity contribution in [1.82, 2.24) is 14.5 Å². The molecule has 32 heavy (non-hydrogen) atoms. The lowest BCUT2D eigenvalue weighted by Gasteiger charge is -2.12. The summed E-state index contributed by atoms with van der Waals surface area (Å²) in [6.45, 7) is 2.19. The Kier molecular flexibility index (Phi) is 6.61. The number of nitrogens with one attached hydrogen (secondary N) is 1. The lowest BCUT2D eigenvalue weighted by atomic mass is 10.2. The topological polar surface area (TPSA) is 78.3 Å². The SMILES string of the molecule is COc1ccc(NC(=O)Cn2c(SCc3cccc(C)c3)nc3ccncc32)cc1OC. The molecule has 2 aromatic heterocycles. The van der Waals surface area contributed by atoms with Crippen LogP contribution in [0.2, 0.25) is 0 Å². The predicted octanol–water partition coefficient (Wildman–Crippen LogP) is 4.69. The van der Waals surface area contributed by atoms with Gasteiger partial charge < -0.3 is 19.4 Å². The summed E-state index contributed by atoms with van der Waals surface area (Å²) in [6.07, 6.45) is 3.45. The summed E-state index contributed by atoms with van der Waals surface area (Å²) < 4.78 is 12.5. The molecule has 7 nitrogen and oxygen atoms in total. The number of fused-ring (bicyclic) bond motifs is 1. The first-order valence-electron chi connectivity index (χ1n) is 10.1. The van der Waals surface area contributed by atoms with E-state index in [2.05, 4.69) is 41.5 Å². The molecule has 164 valence electrons. The minimum Gasteiger partial charge on any atom is -0.493 e. The molecule has 2 heterocycles. The Bertz CT molecular complexity index is 1260. The molecular formula is C24H24N4O3S. The maximum absolute atomic E-state index is 12.9. The van der Waals surface area contributed by atoms with Crippen molar-refractivity contribution in [3.05, 3.63) is 72.1 Å². The monoisotopic (exact) mass is 448 g/mol. The van der Waals surface area contributed by atoms with Crippen molar-refractivity contribution in [3.8, 4) is 11.5 Å². The van der Waals surface area contributed by atoms with Gasteiger partial charge in [-0.15, -0.1) is 0 Å². The van der Waals surface area contributed by atoms with E-state index in [9.17, 15) is 4.79 Å².